The Bertz CT molecular complexity index is 787. The molecule has 3 aromatic rings. The fraction of sp³-hybridized carbons (Fsp3) is 0.176. The fourth-order valence-electron chi connectivity index (χ4n) is 3.27. The Balaban J connectivity index is 2.18. The van der Waals surface area contributed by atoms with Crippen LogP contribution in [0.1, 0.15) is 18.1 Å². The topological polar surface area (TPSA) is 15.8 Å². The summed E-state index contributed by atoms with van der Waals surface area (Å²) in [5, 5.41) is 1.40. The van der Waals surface area contributed by atoms with Gasteiger partial charge in [-0.15, -0.1) is 0 Å². The van der Waals surface area contributed by atoms with Crippen molar-refractivity contribution in [3.63, 3.8) is 0 Å². The van der Waals surface area contributed by atoms with Crippen molar-refractivity contribution in [2.24, 2.45) is 0 Å². The van der Waals surface area contributed by atoms with E-state index in [-0.39, 0.29) is 24.6 Å². The van der Waals surface area contributed by atoms with Crippen molar-refractivity contribution in [2.45, 2.75) is 10.3 Å². The van der Waals surface area contributed by atoms with Crippen LogP contribution in [0.25, 0.3) is 22.2 Å². The van der Waals surface area contributed by atoms with Crippen molar-refractivity contribution in [3.05, 3.63) is 59.7 Å². The van der Waals surface area contributed by atoms with Gasteiger partial charge in [0.15, 0.2) is 0 Å². The van der Waals surface area contributed by atoms with Crippen LogP contribution >= 0.6 is 0 Å². The number of fused-ring (bicyclic) bond motifs is 5. The molecule has 0 saturated heterocycles. The summed E-state index contributed by atoms with van der Waals surface area (Å²) in [6.07, 6.45) is 0. The third-order valence-corrected chi connectivity index (χ3v) is 7.53. The molecule has 0 aliphatic heterocycles. The first kappa shape index (κ1) is 11.5. The van der Waals surface area contributed by atoms with Gasteiger partial charge in [-0.3, -0.25) is 0 Å². The van der Waals surface area contributed by atoms with Crippen LogP contribution in [0.4, 0.5) is 0 Å². The van der Waals surface area contributed by atoms with Crippen molar-refractivity contribution in [1.82, 2.24) is 4.98 Å². The molecule has 0 amide bonds. The number of aromatic amines is 1. The summed E-state index contributed by atoms with van der Waals surface area (Å²) in [6.45, 7) is 2.42. The van der Waals surface area contributed by atoms with Gasteiger partial charge in [-0.05, 0) is 0 Å². The first-order valence-electron chi connectivity index (χ1n) is 6.47. The van der Waals surface area contributed by atoms with Crippen molar-refractivity contribution in [2.75, 3.05) is 4.93 Å². The minimum absolute atomic E-state index is 0.0736. The minimum atomic E-state index is 0.0736. The van der Waals surface area contributed by atoms with Crippen LogP contribution in [0.2, 0.25) is 0 Å². The molecule has 19 heavy (non-hydrogen) atoms. The van der Waals surface area contributed by atoms with E-state index in [9.17, 15) is 0 Å². The number of halogens is 1. The van der Waals surface area contributed by atoms with Gasteiger partial charge in [0.1, 0.15) is 0 Å². The Morgan fingerprint density at radius 3 is 2.58 bits per heavy atom. The van der Waals surface area contributed by atoms with Crippen LogP contribution in [0.5, 0.6) is 0 Å². The standard InChI is InChI=1S/C17H15IN/c1-17(18-2)13-9-5-3-7-11(13)16-15(17)12-8-4-6-10-14(12)19-16/h3-10,19H,1-2H3/q-1. The van der Waals surface area contributed by atoms with E-state index in [1.165, 1.54) is 33.3 Å². The number of H-pyrrole nitrogens is 1. The number of hydrogen-bond acceptors (Lipinski definition) is 0. The molecule has 2 aromatic carbocycles. The molecule has 1 aliphatic rings. The molecule has 0 spiro atoms. The van der Waals surface area contributed by atoms with Gasteiger partial charge in [-0.1, -0.05) is 0 Å². The molecule has 96 valence electrons. The molecule has 0 saturated carbocycles. The summed E-state index contributed by atoms with van der Waals surface area (Å²) in [7, 11) is 0. The van der Waals surface area contributed by atoms with Gasteiger partial charge in [0, 0.05) is 0 Å². The van der Waals surface area contributed by atoms with E-state index >= 15 is 0 Å². The van der Waals surface area contributed by atoms with Gasteiger partial charge in [-0.2, -0.15) is 0 Å². The molecule has 1 nitrogen and oxygen atoms in total. The van der Waals surface area contributed by atoms with Crippen molar-refractivity contribution < 1.29 is 21.2 Å². The van der Waals surface area contributed by atoms with Crippen LogP contribution in [0, 0.1) is 0 Å². The Labute approximate surface area is 123 Å². The molecule has 0 radical (unpaired) electrons. The summed E-state index contributed by atoms with van der Waals surface area (Å²) in [6, 6.07) is 17.6. The van der Waals surface area contributed by atoms with Crippen LogP contribution < -0.4 is 21.2 Å². The summed E-state index contributed by atoms with van der Waals surface area (Å²) >= 11 is 0.0736. The zero-order chi connectivity index (χ0) is 13.0. The van der Waals surface area contributed by atoms with Crippen molar-refractivity contribution in [3.8, 4) is 11.3 Å². The predicted octanol–water partition coefficient (Wildman–Crippen LogP) is 1.13. The normalized spacial score (nSPS) is 20.7. The van der Waals surface area contributed by atoms with E-state index in [2.05, 4.69) is 65.4 Å². The number of aromatic nitrogens is 1. The Hall–Kier alpha value is -1.29. The second-order valence-corrected chi connectivity index (χ2v) is 8.39. The van der Waals surface area contributed by atoms with Crippen molar-refractivity contribution in [1.29, 1.82) is 0 Å². The molecule has 1 aliphatic carbocycles. The van der Waals surface area contributed by atoms with Gasteiger partial charge in [0.25, 0.3) is 0 Å². The van der Waals surface area contributed by atoms with E-state index in [0.717, 1.165) is 0 Å². The molecule has 1 N–H and O–H groups in total. The fourth-order valence-corrected chi connectivity index (χ4v) is 5.42. The third-order valence-electron chi connectivity index (χ3n) is 4.26. The van der Waals surface area contributed by atoms with E-state index in [1.54, 1.807) is 0 Å². The zero-order valence-corrected chi connectivity index (χ0v) is 13.2. The first-order valence-corrected chi connectivity index (χ1v) is 9.71. The second-order valence-electron chi connectivity index (χ2n) is 5.16. The molecule has 1 unspecified atom stereocenters. The summed E-state index contributed by atoms with van der Waals surface area (Å²) in [5.41, 5.74) is 7.06. The number of benzene rings is 2. The summed E-state index contributed by atoms with van der Waals surface area (Å²) in [4.78, 5) is 6.03. The maximum absolute atomic E-state index is 3.64. The van der Waals surface area contributed by atoms with Crippen LogP contribution in [-0.2, 0) is 3.42 Å². The van der Waals surface area contributed by atoms with Crippen LogP contribution in [0.3, 0.4) is 0 Å². The number of alkyl halides is 2. The van der Waals surface area contributed by atoms with Crippen molar-refractivity contribution >= 4 is 10.9 Å². The van der Waals surface area contributed by atoms with Crippen LogP contribution in [-0.4, -0.2) is 9.91 Å². The van der Waals surface area contributed by atoms with E-state index in [1.807, 2.05) is 0 Å². The molecule has 2 heteroatoms. The van der Waals surface area contributed by atoms with E-state index < -0.39 is 0 Å². The van der Waals surface area contributed by atoms with E-state index in [4.69, 9.17) is 0 Å². The molecule has 4 rings (SSSR count). The SMILES string of the molecule is C[I-]C1(C)c2ccccc2-c2[nH]c3ccccc3c21. The molecular formula is C17H15IN-. The molecule has 1 aromatic heterocycles. The van der Waals surface area contributed by atoms with Crippen LogP contribution in [0.15, 0.2) is 48.5 Å². The first-order chi connectivity index (χ1) is 9.25. The number of nitrogens with one attached hydrogen (secondary N) is 1. The number of rotatable bonds is 1. The Morgan fingerprint density at radius 1 is 1.00 bits per heavy atom. The van der Waals surface area contributed by atoms with Gasteiger partial charge in [0.05, 0.1) is 0 Å². The average molecular weight is 360 g/mol. The zero-order valence-electron chi connectivity index (χ0n) is 11.0. The van der Waals surface area contributed by atoms with Gasteiger partial charge >= 0.3 is 123 Å². The summed E-state index contributed by atoms with van der Waals surface area (Å²) < 4.78 is 0.240. The second kappa shape index (κ2) is 3.85. The molecular weight excluding hydrogens is 345 g/mol. The van der Waals surface area contributed by atoms with Gasteiger partial charge < -0.3 is 0 Å². The Morgan fingerprint density at radius 2 is 1.74 bits per heavy atom. The molecule has 1 atom stereocenters. The van der Waals surface area contributed by atoms with Gasteiger partial charge in [-0.25, -0.2) is 0 Å². The Kier molecular flexibility index (Phi) is 2.34. The molecule has 0 bridgehead atoms. The quantitative estimate of drug-likeness (QED) is 0.495. The monoisotopic (exact) mass is 360 g/mol. The predicted molar refractivity (Wildman–Crippen MR) is 76.1 cm³/mol. The third kappa shape index (κ3) is 1.35. The van der Waals surface area contributed by atoms with E-state index in [0.29, 0.717) is 0 Å². The maximum atomic E-state index is 3.64. The number of para-hydroxylation sites is 1. The van der Waals surface area contributed by atoms with Gasteiger partial charge in [0.2, 0.25) is 0 Å². The molecule has 0 fully saturated rings. The number of hydrogen-bond donors (Lipinski definition) is 1. The average Bonchev–Trinajstić information content (AvgIpc) is 2.96. The summed E-state index contributed by atoms with van der Waals surface area (Å²) in [5.74, 6) is 0. The molecule has 1 heterocycles.